The highest BCUT2D eigenvalue weighted by Gasteiger charge is 2.16. The third-order valence-corrected chi connectivity index (χ3v) is 4.59. The molecule has 2 aromatic carbocycles. The Morgan fingerprint density at radius 1 is 1.09 bits per heavy atom. The van der Waals surface area contributed by atoms with Gasteiger partial charge in [-0.25, -0.2) is 0 Å². The van der Waals surface area contributed by atoms with Gasteiger partial charge in [0.25, 0.3) is 0 Å². The van der Waals surface area contributed by atoms with Gasteiger partial charge in [0.2, 0.25) is 0 Å². The van der Waals surface area contributed by atoms with Crippen LogP contribution in [-0.2, 0) is 9.53 Å². The second kappa shape index (κ2) is 13.1. The molecule has 1 fully saturated rings. The van der Waals surface area contributed by atoms with E-state index in [0.29, 0.717) is 18.0 Å². The summed E-state index contributed by atoms with van der Waals surface area (Å²) >= 11 is 0. The van der Waals surface area contributed by atoms with Crippen LogP contribution in [0.2, 0.25) is 0 Å². The molecule has 1 heterocycles. The quantitative estimate of drug-likeness (QED) is 0.204. The minimum atomic E-state index is -0.605. The SMILES string of the molecule is COc1cc(OCCN2CCOCC2)ccc1N.COc1ccc(OC(C)=O)cc1[N+](=O)[O-]. The summed E-state index contributed by atoms with van der Waals surface area (Å²) in [6.45, 7) is 6.38. The van der Waals surface area contributed by atoms with Gasteiger partial charge in [0.05, 0.1) is 44.1 Å². The summed E-state index contributed by atoms with van der Waals surface area (Å²) < 4.78 is 25.6. The van der Waals surface area contributed by atoms with Crippen molar-refractivity contribution < 1.29 is 33.4 Å². The van der Waals surface area contributed by atoms with Gasteiger partial charge in [-0.2, -0.15) is 0 Å². The molecule has 0 amide bonds. The molecule has 2 N–H and O–H groups in total. The third kappa shape index (κ3) is 8.47. The van der Waals surface area contributed by atoms with Crippen molar-refractivity contribution in [1.29, 1.82) is 0 Å². The van der Waals surface area contributed by atoms with E-state index in [1.54, 1.807) is 13.2 Å². The lowest BCUT2D eigenvalue weighted by Gasteiger charge is -2.26. The van der Waals surface area contributed by atoms with Gasteiger partial charge in [-0.15, -0.1) is 0 Å². The van der Waals surface area contributed by atoms with E-state index in [1.807, 2.05) is 12.1 Å². The minimum absolute atomic E-state index is 0.120. The van der Waals surface area contributed by atoms with Crippen molar-refractivity contribution in [3.63, 3.8) is 0 Å². The van der Waals surface area contributed by atoms with Crippen molar-refractivity contribution in [2.75, 3.05) is 59.4 Å². The Hall–Kier alpha value is -3.57. The van der Waals surface area contributed by atoms with Gasteiger partial charge in [0, 0.05) is 32.6 Å². The number of nitrogens with zero attached hydrogens (tertiary/aromatic N) is 2. The first-order valence-corrected chi connectivity index (χ1v) is 10.2. The van der Waals surface area contributed by atoms with Crippen molar-refractivity contribution in [2.45, 2.75) is 6.92 Å². The number of anilines is 1. The summed E-state index contributed by atoms with van der Waals surface area (Å²) in [5.41, 5.74) is 6.13. The normalized spacial score (nSPS) is 13.3. The number of nitrogens with two attached hydrogens (primary N) is 1. The largest absolute Gasteiger partial charge is 0.494 e. The number of nitro benzene ring substituents is 1. The number of nitro groups is 1. The van der Waals surface area contributed by atoms with E-state index in [0.717, 1.165) is 44.7 Å². The molecule has 3 rings (SSSR count). The molecule has 0 unspecified atom stereocenters. The highest BCUT2D eigenvalue weighted by Crippen LogP contribution is 2.30. The van der Waals surface area contributed by atoms with E-state index in [4.69, 9.17) is 29.4 Å². The molecule has 0 saturated carbocycles. The number of methoxy groups -OCH3 is 2. The Morgan fingerprint density at radius 2 is 1.76 bits per heavy atom. The zero-order chi connectivity index (χ0) is 24.2. The fourth-order valence-corrected chi connectivity index (χ4v) is 2.94. The second-order valence-electron chi connectivity index (χ2n) is 6.89. The summed E-state index contributed by atoms with van der Waals surface area (Å²) in [4.78, 5) is 23.0. The molecule has 0 spiro atoms. The van der Waals surface area contributed by atoms with E-state index in [2.05, 4.69) is 4.90 Å². The minimum Gasteiger partial charge on any atom is -0.494 e. The summed E-state index contributed by atoms with van der Waals surface area (Å²) in [7, 11) is 2.93. The first-order valence-electron chi connectivity index (χ1n) is 10.2. The van der Waals surface area contributed by atoms with E-state index >= 15 is 0 Å². The van der Waals surface area contributed by atoms with Crippen molar-refractivity contribution in [3.05, 3.63) is 46.5 Å². The molecule has 180 valence electrons. The van der Waals surface area contributed by atoms with Crippen LogP contribution in [0.5, 0.6) is 23.0 Å². The summed E-state index contributed by atoms with van der Waals surface area (Å²) in [5.74, 6) is 1.15. The number of hydrogen-bond acceptors (Lipinski definition) is 10. The molecule has 11 nitrogen and oxygen atoms in total. The average molecular weight is 463 g/mol. The van der Waals surface area contributed by atoms with Gasteiger partial charge in [-0.1, -0.05) is 0 Å². The number of rotatable bonds is 8. The second-order valence-corrected chi connectivity index (χ2v) is 6.89. The zero-order valence-corrected chi connectivity index (χ0v) is 18.9. The number of morpholine rings is 1. The Labute approximate surface area is 192 Å². The molecule has 0 aliphatic carbocycles. The van der Waals surface area contributed by atoms with Crippen molar-refractivity contribution in [3.8, 4) is 23.0 Å². The van der Waals surface area contributed by atoms with Crippen LogP contribution in [0.4, 0.5) is 11.4 Å². The number of benzene rings is 2. The smallest absolute Gasteiger partial charge is 0.314 e. The monoisotopic (exact) mass is 463 g/mol. The van der Waals surface area contributed by atoms with Crippen LogP contribution in [0.15, 0.2) is 36.4 Å². The number of ether oxygens (including phenoxy) is 5. The Bertz CT molecular complexity index is 932. The molecule has 0 bridgehead atoms. The predicted molar refractivity (Wildman–Crippen MR) is 121 cm³/mol. The van der Waals surface area contributed by atoms with Crippen molar-refractivity contribution in [1.82, 2.24) is 4.90 Å². The molecular formula is C22H29N3O8. The number of nitrogen functional groups attached to an aromatic ring is 1. The molecule has 1 aliphatic rings. The first kappa shape index (κ1) is 25.7. The molecule has 1 aliphatic heterocycles. The molecule has 33 heavy (non-hydrogen) atoms. The highest BCUT2D eigenvalue weighted by molar-refractivity contribution is 5.70. The van der Waals surface area contributed by atoms with Crippen LogP contribution in [-0.4, -0.2) is 69.5 Å². The van der Waals surface area contributed by atoms with Crippen LogP contribution >= 0.6 is 0 Å². The topological polar surface area (TPSA) is 136 Å². The Kier molecular flexibility index (Phi) is 10.2. The van der Waals surface area contributed by atoms with E-state index in [9.17, 15) is 14.9 Å². The predicted octanol–water partition coefficient (Wildman–Crippen LogP) is 2.52. The maximum absolute atomic E-state index is 10.6. The summed E-state index contributed by atoms with van der Waals surface area (Å²) in [6.07, 6.45) is 0. The number of hydrogen-bond donors (Lipinski definition) is 1. The van der Waals surface area contributed by atoms with Gasteiger partial charge < -0.3 is 29.4 Å². The first-order chi connectivity index (χ1) is 15.8. The van der Waals surface area contributed by atoms with Crippen LogP contribution in [0.1, 0.15) is 6.92 Å². The lowest BCUT2D eigenvalue weighted by molar-refractivity contribution is -0.385. The van der Waals surface area contributed by atoms with Gasteiger partial charge in [0.15, 0.2) is 5.75 Å². The van der Waals surface area contributed by atoms with Gasteiger partial charge in [0.1, 0.15) is 23.9 Å². The fourth-order valence-electron chi connectivity index (χ4n) is 2.94. The van der Waals surface area contributed by atoms with Gasteiger partial charge >= 0.3 is 11.7 Å². The van der Waals surface area contributed by atoms with Crippen LogP contribution < -0.4 is 24.7 Å². The summed E-state index contributed by atoms with van der Waals surface area (Å²) in [6, 6.07) is 9.40. The summed E-state index contributed by atoms with van der Waals surface area (Å²) in [5, 5.41) is 10.6. The Morgan fingerprint density at radius 3 is 2.36 bits per heavy atom. The van der Waals surface area contributed by atoms with Crippen LogP contribution in [0.3, 0.4) is 0 Å². The third-order valence-electron chi connectivity index (χ3n) is 4.59. The number of esters is 1. The number of carbonyl (C=O) groups is 1. The van der Waals surface area contributed by atoms with Crippen LogP contribution in [0, 0.1) is 10.1 Å². The zero-order valence-electron chi connectivity index (χ0n) is 18.9. The van der Waals surface area contributed by atoms with Crippen molar-refractivity contribution >= 4 is 17.3 Å². The molecule has 0 aromatic heterocycles. The molecule has 2 aromatic rings. The van der Waals surface area contributed by atoms with E-state index in [1.165, 1.54) is 26.2 Å². The molecule has 0 radical (unpaired) electrons. The molecule has 1 saturated heterocycles. The van der Waals surface area contributed by atoms with Crippen LogP contribution in [0.25, 0.3) is 0 Å². The van der Waals surface area contributed by atoms with E-state index < -0.39 is 10.9 Å². The van der Waals surface area contributed by atoms with Gasteiger partial charge in [-0.3, -0.25) is 19.8 Å². The van der Waals surface area contributed by atoms with Crippen molar-refractivity contribution in [2.24, 2.45) is 0 Å². The molecular weight excluding hydrogens is 434 g/mol. The van der Waals surface area contributed by atoms with E-state index in [-0.39, 0.29) is 17.2 Å². The lowest BCUT2D eigenvalue weighted by atomic mass is 10.3. The Balaban J connectivity index is 0.000000238. The van der Waals surface area contributed by atoms with Gasteiger partial charge in [-0.05, 0) is 24.3 Å². The maximum Gasteiger partial charge on any atom is 0.314 e. The number of carbonyl (C=O) groups excluding carboxylic acids is 1. The fraction of sp³-hybridized carbons (Fsp3) is 0.409. The molecule has 11 heteroatoms. The average Bonchev–Trinajstić information content (AvgIpc) is 2.81. The maximum atomic E-state index is 10.6. The highest BCUT2D eigenvalue weighted by atomic mass is 16.6. The standard InChI is InChI=1S/C13H20N2O3.C9H9NO5/c1-16-13-10-11(2-3-12(13)14)18-9-6-15-4-7-17-8-5-15;1-6(11)15-7-3-4-9(14-2)8(5-7)10(12)13/h2-3,10H,4-9,14H2,1H3;3-5H,1-2H3. The molecule has 0 atom stereocenters. The lowest BCUT2D eigenvalue weighted by Crippen LogP contribution is -2.38.